The molecule has 1 aliphatic heterocycles. The fraction of sp³-hybridized carbons (Fsp3) is 0.375. The van der Waals surface area contributed by atoms with E-state index in [2.05, 4.69) is 20.9 Å². The lowest BCUT2D eigenvalue weighted by Crippen LogP contribution is -2.33. The first-order valence-electron chi connectivity index (χ1n) is 7.28. The van der Waals surface area contributed by atoms with Crippen molar-refractivity contribution < 1.29 is 5.11 Å². The van der Waals surface area contributed by atoms with Crippen LogP contribution in [0.1, 0.15) is 29.9 Å². The lowest BCUT2D eigenvalue weighted by atomic mass is 9.90. The van der Waals surface area contributed by atoms with E-state index in [1.807, 2.05) is 24.4 Å². The molecule has 0 unspecified atom stereocenters. The molecule has 2 aromatic rings. The molecule has 0 aromatic carbocycles. The van der Waals surface area contributed by atoms with Crippen LogP contribution in [0.5, 0.6) is 0 Å². The van der Waals surface area contributed by atoms with Crippen LogP contribution < -0.4 is 10.6 Å². The molecular formula is C16H20N4O. The van der Waals surface area contributed by atoms with Crippen molar-refractivity contribution in [2.75, 3.05) is 23.7 Å². The molecule has 0 amide bonds. The Kier molecular flexibility index (Phi) is 4.01. The van der Waals surface area contributed by atoms with Crippen LogP contribution in [0.4, 0.5) is 11.6 Å². The van der Waals surface area contributed by atoms with Gasteiger partial charge in [0.1, 0.15) is 11.6 Å². The van der Waals surface area contributed by atoms with Gasteiger partial charge in [0.15, 0.2) is 0 Å². The molecule has 1 fully saturated rings. The summed E-state index contributed by atoms with van der Waals surface area (Å²) >= 11 is 0. The van der Waals surface area contributed by atoms with Crippen LogP contribution >= 0.6 is 0 Å². The van der Waals surface area contributed by atoms with E-state index >= 15 is 0 Å². The molecule has 3 rings (SSSR count). The van der Waals surface area contributed by atoms with Gasteiger partial charge in [0, 0.05) is 25.5 Å². The minimum absolute atomic E-state index is 0.0412. The molecule has 5 nitrogen and oxygen atoms in total. The van der Waals surface area contributed by atoms with Crippen LogP contribution in [0.25, 0.3) is 0 Å². The number of hydrogen-bond acceptors (Lipinski definition) is 5. The topological polar surface area (TPSA) is 75.3 Å². The Bertz CT molecular complexity index is 574. The monoisotopic (exact) mass is 284 g/mol. The smallest absolute Gasteiger partial charge is 0.128 e. The Morgan fingerprint density at radius 3 is 2.48 bits per heavy atom. The molecule has 5 heteroatoms. The SMILES string of the molecule is Nc1ccc(C2CCN(c3ccc(CO)cn3)CC2)cn1. The second-order valence-corrected chi connectivity index (χ2v) is 5.46. The number of aromatic nitrogens is 2. The molecule has 0 radical (unpaired) electrons. The summed E-state index contributed by atoms with van der Waals surface area (Å²) in [6.45, 7) is 2.01. The fourth-order valence-corrected chi connectivity index (χ4v) is 2.80. The normalized spacial score (nSPS) is 16.1. The summed E-state index contributed by atoms with van der Waals surface area (Å²) in [7, 11) is 0. The van der Waals surface area contributed by atoms with Gasteiger partial charge in [-0.15, -0.1) is 0 Å². The van der Waals surface area contributed by atoms with Crippen LogP contribution in [-0.4, -0.2) is 28.2 Å². The third kappa shape index (κ3) is 3.13. The van der Waals surface area contributed by atoms with E-state index in [9.17, 15) is 0 Å². The summed E-state index contributed by atoms with van der Waals surface area (Å²) in [6.07, 6.45) is 5.82. The average Bonchev–Trinajstić information content (AvgIpc) is 2.56. The van der Waals surface area contributed by atoms with Crippen molar-refractivity contribution in [3.63, 3.8) is 0 Å². The zero-order valence-corrected chi connectivity index (χ0v) is 11.9. The standard InChI is InChI=1S/C16H20N4O/c17-15-3-2-14(10-18-15)13-5-7-20(8-6-13)16-4-1-12(11-21)9-19-16/h1-4,9-10,13,21H,5-8,11H2,(H2,17,18). The van der Waals surface area contributed by atoms with E-state index in [0.29, 0.717) is 11.7 Å². The van der Waals surface area contributed by atoms with Crippen molar-refractivity contribution in [3.05, 3.63) is 47.8 Å². The van der Waals surface area contributed by atoms with E-state index in [4.69, 9.17) is 10.8 Å². The lowest BCUT2D eigenvalue weighted by Gasteiger charge is -2.33. The second kappa shape index (κ2) is 6.10. The van der Waals surface area contributed by atoms with Crippen molar-refractivity contribution in [2.24, 2.45) is 0 Å². The molecular weight excluding hydrogens is 264 g/mol. The molecule has 3 N–H and O–H groups in total. The van der Waals surface area contributed by atoms with Gasteiger partial charge in [-0.3, -0.25) is 0 Å². The fourth-order valence-electron chi connectivity index (χ4n) is 2.80. The van der Waals surface area contributed by atoms with Gasteiger partial charge in [-0.1, -0.05) is 12.1 Å². The number of hydrogen-bond donors (Lipinski definition) is 2. The predicted octanol–water partition coefficient (Wildman–Crippen LogP) is 1.94. The summed E-state index contributed by atoms with van der Waals surface area (Å²) in [5.41, 5.74) is 7.75. The number of nitrogen functional groups attached to an aromatic ring is 1. The van der Waals surface area contributed by atoms with E-state index in [0.717, 1.165) is 37.3 Å². The van der Waals surface area contributed by atoms with Gasteiger partial charge < -0.3 is 15.7 Å². The number of nitrogens with two attached hydrogens (primary N) is 1. The van der Waals surface area contributed by atoms with Crippen LogP contribution in [0, 0.1) is 0 Å². The molecule has 0 bridgehead atoms. The number of aliphatic hydroxyl groups excluding tert-OH is 1. The molecule has 1 saturated heterocycles. The summed E-state index contributed by atoms with van der Waals surface area (Å²) < 4.78 is 0. The maximum atomic E-state index is 9.05. The molecule has 21 heavy (non-hydrogen) atoms. The van der Waals surface area contributed by atoms with Crippen molar-refractivity contribution in [2.45, 2.75) is 25.4 Å². The van der Waals surface area contributed by atoms with Gasteiger partial charge in [-0.05, 0) is 42.0 Å². The molecule has 1 aliphatic rings. The number of nitrogens with zero attached hydrogens (tertiary/aromatic N) is 3. The van der Waals surface area contributed by atoms with Gasteiger partial charge in [0.2, 0.25) is 0 Å². The Labute approximate surface area is 124 Å². The highest BCUT2D eigenvalue weighted by atomic mass is 16.3. The zero-order valence-electron chi connectivity index (χ0n) is 11.9. The molecule has 2 aromatic heterocycles. The molecule has 0 spiro atoms. The summed E-state index contributed by atoms with van der Waals surface area (Å²) in [5, 5.41) is 9.05. The molecule has 0 saturated carbocycles. The maximum Gasteiger partial charge on any atom is 0.128 e. The molecule has 0 atom stereocenters. The van der Waals surface area contributed by atoms with E-state index in [-0.39, 0.29) is 6.61 Å². The average molecular weight is 284 g/mol. The van der Waals surface area contributed by atoms with Crippen LogP contribution in [0.3, 0.4) is 0 Å². The molecule has 3 heterocycles. The first-order valence-corrected chi connectivity index (χ1v) is 7.28. The first kappa shape index (κ1) is 13.8. The third-order valence-electron chi connectivity index (χ3n) is 4.09. The highest BCUT2D eigenvalue weighted by Gasteiger charge is 2.21. The lowest BCUT2D eigenvalue weighted by molar-refractivity contribution is 0.281. The van der Waals surface area contributed by atoms with Crippen LogP contribution in [-0.2, 0) is 6.61 Å². The van der Waals surface area contributed by atoms with Crippen molar-refractivity contribution in [1.82, 2.24) is 9.97 Å². The quantitative estimate of drug-likeness (QED) is 0.901. The van der Waals surface area contributed by atoms with Crippen LogP contribution in [0.15, 0.2) is 36.7 Å². The predicted molar refractivity (Wildman–Crippen MR) is 83.0 cm³/mol. The van der Waals surface area contributed by atoms with Gasteiger partial charge in [0.05, 0.1) is 6.61 Å². The van der Waals surface area contributed by atoms with E-state index < -0.39 is 0 Å². The summed E-state index contributed by atoms with van der Waals surface area (Å²) in [6, 6.07) is 7.86. The first-order chi connectivity index (χ1) is 10.3. The van der Waals surface area contributed by atoms with Gasteiger partial charge in [-0.25, -0.2) is 9.97 Å². The highest BCUT2D eigenvalue weighted by Crippen LogP contribution is 2.29. The number of aliphatic hydroxyl groups is 1. The van der Waals surface area contributed by atoms with Gasteiger partial charge >= 0.3 is 0 Å². The second-order valence-electron chi connectivity index (χ2n) is 5.46. The van der Waals surface area contributed by atoms with E-state index in [1.54, 1.807) is 6.20 Å². The van der Waals surface area contributed by atoms with Crippen LogP contribution in [0.2, 0.25) is 0 Å². The number of pyridine rings is 2. The van der Waals surface area contributed by atoms with Gasteiger partial charge in [-0.2, -0.15) is 0 Å². The Morgan fingerprint density at radius 2 is 1.90 bits per heavy atom. The highest BCUT2D eigenvalue weighted by molar-refractivity contribution is 5.40. The molecule has 0 aliphatic carbocycles. The zero-order chi connectivity index (χ0) is 14.7. The molecule has 110 valence electrons. The Hall–Kier alpha value is -2.14. The minimum Gasteiger partial charge on any atom is -0.392 e. The Balaban J connectivity index is 1.62. The maximum absolute atomic E-state index is 9.05. The van der Waals surface area contributed by atoms with Gasteiger partial charge in [0.25, 0.3) is 0 Å². The number of anilines is 2. The Morgan fingerprint density at radius 1 is 1.10 bits per heavy atom. The number of rotatable bonds is 3. The largest absolute Gasteiger partial charge is 0.392 e. The third-order valence-corrected chi connectivity index (χ3v) is 4.09. The number of piperidine rings is 1. The van der Waals surface area contributed by atoms with Crippen molar-refractivity contribution in [3.8, 4) is 0 Å². The summed E-state index contributed by atoms with van der Waals surface area (Å²) in [4.78, 5) is 10.9. The minimum atomic E-state index is 0.0412. The van der Waals surface area contributed by atoms with Crippen molar-refractivity contribution in [1.29, 1.82) is 0 Å². The summed E-state index contributed by atoms with van der Waals surface area (Å²) in [5.74, 6) is 2.11. The van der Waals surface area contributed by atoms with E-state index in [1.165, 1.54) is 5.56 Å². The van der Waals surface area contributed by atoms with Crippen molar-refractivity contribution >= 4 is 11.6 Å².